The van der Waals surface area contributed by atoms with Crippen LogP contribution in [0.2, 0.25) is 0 Å². The van der Waals surface area contributed by atoms with Crippen LogP contribution < -0.4 is 4.74 Å². The fourth-order valence-electron chi connectivity index (χ4n) is 1.11. The van der Waals surface area contributed by atoms with Crippen molar-refractivity contribution in [3.63, 3.8) is 0 Å². The Morgan fingerprint density at radius 1 is 1.40 bits per heavy atom. The second kappa shape index (κ2) is 4.72. The van der Waals surface area contributed by atoms with Crippen molar-refractivity contribution in [3.05, 3.63) is 29.3 Å². The zero-order valence-electron chi connectivity index (χ0n) is 8.29. The summed E-state index contributed by atoms with van der Waals surface area (Å²) in [6, 6.07) is 4.12. The molecule has 82 valence electrons. The van der Waals surface area contributed by atoms with Crippen molar-refractivity contribution in [2.75, 3.05) is 7.11 Å². The molecule has 0 unspecified atom stereocenters. The van der Waals surface area contributed by atoms with Gasteiger partial charge in [0.1, 0.15) is 5.75 Å². The van der Waals surface area contributed by atoms with Gasteiger partial charge in [-0.3, -0.25) is 0 Å². The third kappa shape index (κ3) is 2.90. The minimum Gasteiger partial charge on any atom is -0.465 e. The molecular weight excluding hydrogens is 206 g/mol. The van der Waals surface area contributed by atoms with Crippen LogP contribution in [0.15, 0.2) is 18.2 Å². The summed E-state index contributed by atoms with van der Waals surface area (Å²) in [4.78, 5) is 11.2. The summed E-state index contributed by atoms with van der Waals surface area (Å²) in [6.07, 6.45) is 0. The van der Waals surface area contributed by atoms with Gasteiger partial charge in [-0.05, 0) is 24.6 Å². The Morgan fingerprint density at radius 3 is 2.60 bits per heavy atom. The van der Waals surface area contributed by atoms with Gasteiger partial charge in [-0.25, -0.2) is 4.79 Å². The zero-order chi connectivity index (χ0) is 11.4. The third-order valence-electron chi connectivity index (χ3n) is 1.84. The van der Waals surface area contributed by atoms with Crippen LogP contribution in [0.5, 0.6) is 5.75 Å². The first-order chi connectivity index (χ1) is 7.04. The maximum Gasteiger partial charge on any atom is 0.387 e. The largest absolute Gasteiger partial charge is 0.465 e. The minimum atomic E-state index is -2.90. The van der Waals surface area contributed by atoms with Gasteiger partial charge in [-0.1, -0.05) is 6.07 Å². The number of hydrogen-bond acceptors (Lipinski definition) is 3. The van der Waals surface area contributed by atoms with Gasteiger partial charge in [-0.15, -0.1) is 0 Å². The molecule has 0 aliphatic heterocycles. The number of hydrogen-bond donors (Lipinski definition) is 0. The van der Waals surface area contributed by atoms with Crippen LogP contribution in [-0.2, 0) is 4.74 Å². The van der Waals surface area contributed by atoms with Gasteiger partial charge in [0.15, 0.2) is 0 Å². The first-order valence-corrected chi connectivity index (χ1v) is 4.18. The molecule has 1 aromatic carbocycles. The van der Waals surface area contributed by atoms with Gasteiger partial charge in [-0.2, -0.15) is 8.78 Å². The van der Waals surface area contributed by atoms with Crippen molar-refractivity contribution in [1.29, 1.82) is 0 Å². The monoisotopic (exact) mass is 216 g/mol. The van der Waals surface area contributed by atoms with Crippen LogP contribution in [0, 0.1) is 6.92 Å². The molecule has 0 saturated carbocycles. The van der Waals surface area contributed by atoms with Crippen molar-refractivity contribution in [2.24, 2.45) is 0 Å². The molecule has 0 aliphatic carbocycles. The maximum atomic E-state index is 11.9. The van der Waals surface area contributed by atoms with Crippen molar-refractivity contribution in [1.82, 2.24) is 0 Å². The summed E-state index contributed by atoms with van der Waals surface area (Å²) in [7, 11) is 1.22. The van der Waals surface area contributed by atoms with Crippen molar-refractivity contribution in [2.45, 2.75) is 13.5 Å². The Balaban J connectivity index is 3.00. The Labute approximate surface area is 85.6 Å². The average Bonchev–Trinajstić information content (AvgIpc) is 2.19. The molecule has 0 amide bonds. The summed E-state index contributed by atoms with van der Waals surface area (Å²) < 4.78 is 32.5. The highest BCUT2D eigenvalue weighted by Crippen LogP contribution is 2.19. The molecule has 0 aromatic heterocycles. The van der Waals surface area contributed by atoms with E-state index in [-0.39, 0.29) is 11.3 Å². The molecule has 0 aliphatic rings. The number of rotatable bonds is 3. The topological polar surface area (TPSA) is 35.5 Å². The molecule has 0 atom stereocenters. The predicted molar refractivity (Wildman–Crippen MR) is 49.2 cm³/mol. The Morgan fingerprint density at radius 2 is 2.07 bits per heavy atom. The highest BCUT2D eigenvalue weighted by atomic mass is 19.3. The number of esters is 1. The quantitative estimate of drug-likeness (QED) is 0.727. The highest BCUT2D eigenvalue weighted by molar-refractivity contribution is 5.91. The SMILES string of the molecule is COC(=O)c1cc(OC(F)F)ccc1C. The number of aryl methyl sites for hydroxylation is 1. The lowest BCUT2D eigenvalue weighted by Crippen LogP contribution is -2.06. The van der Waals surface area contributed by atoms with E-state index in [1.54, 1.807) is 6.92 Å². The van der Waals surface area contributed by atoms with Gasteiger partial charge >= 0.3 is 12.6 Å². The normalized spacial score (nSPS) is 10.2. The Kier molecular flexibility index (Phi) is 3.60. The van der Waals surface area contributed by atoms with Crippen LogP contribution in [0.25, 0.3) is 0 Å². The van der Waals surface area contributed by atoms with Gasteiger partial charge in [0, 0.05) is 0 Å². The lowest BCUT2D eigenvalue weighted by Gasteiger charge is -2.08. The molecule has 0 fully saturated rings. The van der Waals surface area contributed by atoms with E-state index >= 15 is 0 Å². The molecule has 0 heterocycles. The predicted octanol–water partition coefficient (Wildman–Crippen LogP) is 2.38. The number of ether oxygens (including phenoxy) is 2. The minimum absolute atomic E-state index is 0.0593. The number of carbonyl (C=O) groups excluding carboxylic acids is 1. The van der Waals surface area contributed by atoms with E-state index in [9.17, 15) is 13.6 Å². The van der Waals surface area contributed by atoms with Crippen LogP contribution in [0.3, 0.4) is 0 Å². The van der Waals surface area contributed by atoms with E-state index in [1.165, 1.54) is 25.3 Å². The van der Waals surface area contributed by atoms with Gasteiger partial charge < -0.3 is 9.47 Å². The number of benzene rings is 1. The molecule has 0 bridgehead atoms. The summed E-state index contributed by atoms with van der Waals surface area (Å²) in [5.41, 5.74) is 0.860. The first kappa shape index (κ1) is 11.4. The maximum absolute atomic E-state index is 11.9. The number of alkyl halides is 2. The lowest BCUT2D eigenvalue weighted by molar-refractivity contribution is -0.0499. The molecule has 0 saturated heterocycles. The second-order valence-corrected chi connectivity index (χ2v) is 2.85. The molecule has 0 radical (unpaired) electrons. The molecule has 5 heteroatoms. The molecule has 0 spiro atoms. The number of methoxy groups -OCH3 is 1. The highest BCUT2D eigenvalue weighted by Gasteiger charge is 2.12. The van der Waals surface area contributed by atoms with Gasteiger partial charge in [0.05, 0.1) is 12.7 Å². The molecule has 1 rings (SSSR count). The standard InChI is InChI=1S/C10H10F2O3/c1-6-3-4-7(15-10(11)12)5-8(6)9(13)14-2/h3-5,10H,1-2H3. The Bertz CT molecular complexity index is 364. The van der Waals surface area contributed by atoms with Gasteiger partial charge in [0.2, 0.25) is 0 Å². The van der Waals surface area contributed by atoms with Crippen molar-refractivity contribution < 1.29 is 23.0 Å². The fourth-order valence-corrected chi connectivity index (χ4v) is 1.11. The van der Waals surface area contributed by atoms with E-state index in [2.05, 4.69) is 9.47 Å². The Hall–Kier alpha value is -1.65. The van der Waals surface area contributed by atoms with Crippen LogP contribution in [-0.4, -0.2) is 19.7 Å². The second-order valence-electron chi connectivity index (χ2n) is 2.85. The van der Waals surface area contributed by atoms with Crippen LogP contribution in [0.1, 0.15) is 15.9 Å². The lowest BCUT2D eigenvalue weighted by atomic mass is 10.1. The fraction of sp³-hybridized carbons (Fsp3) is 0.300. The summed E-state index contributed by atoms with van der Waals surface area (Å²) in [5.74, 6) is -0.636. The van der Waals surface area contributed by atoms with E-state index in [0.29, 0.717) is 5.56 Å². The zero-order valence-corrected chi connectivity index (χ0v) is 8.29. The molecular formula is C10H10F2O3. The average molecular weight is 216 g/mol. The number of carbonyl (C=O) groups is 1. The summed E-state index contributed by atoms with van der Waals surface area (Å²) in [6.45, 7) is -1.23. The van der Waals surface area contributed by atoms with E-state index < -0.39 is 12.6 Å². The van der Waals surface area contributed by atoms with E-state index in [4.69, 9.17) is 0 Å². The number of halogens is 2. The molecule has 15 heavy (non-hydrogen) atoms. The van der Waals surface area contributed by atoms with Crippen molar-refractivity contribution in [3.8, 4) is 5.75 Å². The van der Waals surface area contributed by atoms with Crippen molar-refractivity contribution >= 4 is 5.97 Å². The van der Waals surface area contributed by atoms with E-state index in [0.717, 1.165) is 0 Å². The molecule has 0 N–H and O–H groups in total. The molecule has 1 aromatic rings. The summed E-state index contributed by atoms with van der Waals surface area (Å²) in [5, 5.41) is 0. The van der Waals surface area contributed by atoms with Gasteiger partial charge in [0.25, 0.3) is 0 Å². The van der Waals surface area contributed by atoms with E-state index in [1.807, 2.05) is 0 Å². The van der Waals surface area contributed by atoms with Crippen LogP contribution in [0.4, 0.5) is 8.78 Å². The first-order valence-electron chi connectivity index (χ1n) is 4.18. The molecule has 3 nitrogen and oxygen atoms in total. The van der Waals surface area contributed by atoms with Crippen LogP contribution >= 0.6 is 0 Å². The third-order valence-corrected chi connectivity index (χ3v) is 1.84. The summed E-state index contributed by atoms with van der Waals surface area (Å²) >= 11 is 0. The smallest absolute Gasteiger partial charge is 0.387 e.